The van der Waals surface area contributed by atoms with Gasteiger partial charge in [-0.25, -0.2) is 0 Å². The number of aryl methyl sites for hydroxylation is 2. The van der Waals surface area contributed by atoms with Crippen LogP contribution in [-0.2, 0) is 0 Å². The molecule has 3 nitrogen and oxygen atoms in total. The number of rotatable bonds is 5. The summed E-state index contributed by atoms with van der Waals surface area (Å²) in [4.78, 5) is 0. The van der Waals surface area contributed by atoms with Gasteiger partial charge in [-0.05, 0) is 74.4 Å². The van der Waals surface area contributed by atoms with Crippen molar-refractivity contribution in [1.29, 1.82) is 0 Å². The Balaban J connectivity index is 1.80. The molecule has 0 amide bonds. The predicted octanol–water partition coefficient (Wildman–Crippen LogP) is 4.82. The van der Waals surface area contributed by atoms with Gasteiger partial charge in [0.15, 0.2) is 5.11 Å². The number of ether oxygens (including phenoxy) is 1. The van der Waals surface area contributed by atoms with Crippen molar-refractivity contribution < 1.29 is 4.74 Å². The number of anilines is 1. The molecule has 5 heteroatoms. The van der Waals surface area contributed by atoms with Gasteiger partial charge in [-0.2, -0.15) is 0 Å². The maximum absolute atomic E-state index is 5.82. The van der Waals surface area contributed by atoms with Crippen molar-refractivity contribution in [2.75, 3.05) is 11.9 Å². The van der Waals surface area contributed by atoms with Gasteiger partial charge in [0.2, 0.25) is 0 Å². The molecule has 0 radical (unpaired) electrons. The van der Waals surface area contributed by atoms with Gasteiger partial charge in [0, 0.05) is 10.2 Å². The fourth-order valence-electron chi connectivity index (χ4n) is 2.02. The van der Waals surface area contributed by atoms with Crippen LogP contribution in [0.4, 0.5) is 5.69 Å². The molecule has 0 aliphatic heterocycles. The van der Waals surface area contributed by atoms with E-state index in [4.69, 9.17) is 17.0 Å². The number of benzene rings is 2. The quantitative estimate of drug-likeness (QED) is 0.714. The third kappa shape index (κ3) is 5.84. The topological polar surface area (TPSA) is 33.3 Å². The molecule has 2 aromatic rings. The van der Waals surface area contributed by atoms with Crippen molar-refractivity contribution in [3.05, 3.63) is 58.1 Å². The van der Waals surface area contributed by atoms with Gasteiger partial charge in [0.05, 0.1) is 6.04 Å². The highest BCUT2D eigenvalue weighted by Crippen LogP contribution is 2.17. The van der Waals surface area contributed by atoms with Crippen LogP contribution in [0.1, 0.15) is 18.1 Å². The van der Waals surface area contributed by atoms with Crippen LogP contribution >= 0.6 is 28.1 Å². The number of hydrogen-bond donors (Lipinski definition) is 2. The molecule has 2 N–H and O–H groups in total. The van der Waals surface area contributed by atoms with E-state index in [2.05, 4.69) is 52.5 Å². The molecule has 2 aromatic carbocycles. The first-order valence-corrected chi connectivity index (χ1v) is 8.67. The second kappa shape index (κ2) is 8.31. The monoisotopic (exact) mass is 392 g/mol. The molecular weight excluding hydrogens is 372 g/mol. The summed E-state index contributed by atoms with van der Waals surface area (Å²) in [6.45, 7) is 6.76. The summed E-state index contributed by atoms with van der Waals surface area (Å²) >= 11 is 8.77. The lowest BCUT2D eigenvalue weighted by molar-refractivity contribution is 0.287. The molecule has 0 saturated heterocycles. The number of nitrogens with one attached hydrogen (secondary N) is 2. The molecule has 23 heavy (non-hydrogen) atoms. The van der Waals surface area contributed by atoms with Gasteiger partial charge in [-0.1, -0.05) is 28.1 Å². The summed E-state index contributed by atoms with van der Waals surface area (Å²) in [5, 5.41) is 6.97. The van der Waals surface area contributed by atoms with E-state index in [1.165, 1.54) is 11.1 Å². The fraction of sp³-hybridized carbons (Fsp3) is 0.278. The second-order valence-corrected chi connectivity index (χ2v) is 6.89. The first-order valence-electron chi connectivity index (χ1n) is 7.47. The molecule has 0 aliphatic rings. The van der Waals surface area contributed by atoms with Crippen molar-refractivity contribution in [2.45, 2.75) is 26.8 Å². The Labute approximate surface area is 151 Å². The summed E-state index contributed by atoms with van der Waals surface area (Å²) in [6.07, 6.45) is 0. The predicted molar refractivity (Wildman–Crippen MR) is 104 cm³/mol. The Morgan fingerprint density at radius 1 is 1.17 bits per heavy atom. The molecule has 122 valence electrons. The number of halogens is 1. The Morgan fingerprint density at radius 3 is 2.65 bits per heavy atom. The SMILES string of the molecule is Cc1ccc(OCC(C)NC(=S)Nc2cccc(Br)c2)cc1C. The van der Waals surface area contributed by atoms with Crippen molar-refractivity contribution >= 4 is 38.9 Å². The zero-order valence-corrected chi connectivity index (χ0v) is 15.9. The van der Waals surface area contributed by atoms with Gasteiger partial charge >= 0.3 is 0 Å². The highest BCUT2D eigenvalue weighted by atomic mass is 79.9. The van der Waals surface area contributed by atoms with Gasteiger partial charge in [0.25, 0.3) is 0 Å². The van der Waals surface area contributed by atoms with Crippen LogP contribution in [0.2, 0.25) is 0 Å². The van der Waals surface area contributed by atoms with Gasteiger partial charge in [-0.15, -0.1) is 0 Å². The van der Waals surface area contributed by atoms with Crippen LogP contribution in [-0.4, -0.2) is 17.8 Å². The third-order valence-electron chi connectivity index (χ3n) is 3.44. The summed E-state index contributed by atoms with van der Waals surface area (Å²) in [6, 6.07) is 14.1. The molecule has 0 fully saturated rings. The normalized spacial score (nSPS) is 11.7. The van der Waals surface area contributed by atoms with Crippen molar-refractivity contribution in [3.8, 4) is 5.75 Å². The minimum atomic E-state index is 0.101. The van der Waals surface area contributed by atoms with E-state index in [1.54, 1.807) is 0 Å². The summed E-state index contributed by atoms with van der Waals surface area (Å²) in [5.74, 6) is 0.882. The average Bonchev–Trinajstić information content (AvgIpc) is 2.48. The zero-order valence-electron chi connectivity index (χ0n) is 13.5. The molecule has 0 heterocycles. The molecule has 1 atom stereocenters. The maximum atomic E-state index is 5.82. The Morgan fingerprint density at radius 2 is 1.96 bits per heavy atom. The van der Waals surface area contributed by atoms with Crippen LogP contribution in [0.15, 0.2) is 46.9 Å². The molecule has 1 unspecified atom stereocenters. The van der Waals surface area contributed by atoms with Gasteiger partial charge in [-0.3, -0.25) is 0 Å². The molecule has 0 saturated carbocycles. The minimum absolute atomic E-state index is 0.101. The van der Waals surface area contributed by atoms with Crippen LogP contribution in [0.25, 0.3) is 0 Å². The van der Waals surface area contributed by atoms with E-state index >= 15 is 0 Å². The van der Waals surface area contributed by atoms with E-state index in [1.807, 2.05) is 37.3 Å². The standard InChI is InChI=1S/C18H21BrN2OS/c1-12-7-8-17(9-13(12)2)22-11-14(3)20-18(23)21-16-6-4-5-15(19)10-16/h4-10,14H,11H2,1-3H3,(H2,20,21,23). The summed E-state index contributed by atoms with van der Waals surface area (Å²) in [7, 11) is 0. The van der Waals surface area contributed by atoms with Crippen molar-refractivity contribution in [1.82, 2.24) is 5.32 Å². The molecule has 0 spiro atoms. The first-order chi connectivity index (χ1) is 10.9. The lowest BCUT2D eigenvalue weighted by Crippen LogP contribution is -2.39. The van der Waals surface area contributed by atoms with Gasteiger partial charge < -0.3 is 15.4 Å². The molecular formula is C18H21BrN2OS. The molecule has 0 bridgehead atoms. The van der Waals surface area contributed by atoms with Crippen LogP contribution in [0, 0.1) is 13.8 Å². The minimum Gasteiger partial charge on any atom is -0.491 e. The van der Waals surface area contributed by atoms with Crippen LogP contribution in [0.3, 0.4) is 0 Å². The molecule has 0 aliphatic carbocycles. The van der Waals surface area contributed by atoms with Crippen molar-refractivity contribution in [3.63, 3.8) is 0 Å². The van der Waals surface area contributed by atoms with E-state index < -0.39 is 0 Å². The Kier molecular flexibility index (Phi) is 6.42. The molecule has 0 aromatic heterocycles. The lowest BCUT2D eigenvalue weighted by atomic mass is 10.1. The largest absolute Gasteiger partial charge is 0.491 e. The van der Waals surface area contributed by atoms with E-state index in [-0.39, 0.29) is 6.04 Å². The summed E-state index contributed by atoms with van der Waals surface area (Å²) < 4.78 is 6.83. The smallest absolute Gasteiger partial charge is 0.171 e. The Hall–Kier alpha value is -1.59. The van der Waals surface area contributed by atoms with E-state index in [0.29, 0.717) is 11.7 Å². The third-order valence-corrected chi connectivity index (χ3v) is 4.15. The highest BCUT2D eigenvalue weighted by Gasteiger charge is 2.06. The van der Waals surface area contributed by atoms with Gasteiger partial charge in [0.1, 0.15) is 12.4 Å². The number of hydrogen-bond acceptors (Lipinski definition) is 2. The second-order valence-electron chi connectivity index (χ2n) is 5.57. The summed E-state index contributed by atoms with van der Waals surface area (Å²) in [5.41, 5.74) is 3.44. The van der Waals surface area contributed by atoms with E-state index in [0.717, 1.165) is 15.9 Å². The Bertz CT molecular complexity index is 690. The first kappa shape index (κ1) is 17.8. The zero-order chi connectivity index (χ0) is 16.8. The highest BCUT2D eigenvalue weighted by molar-refractivity contribution is 9.10. The van der Waals surface area contributed by atoms with E-state index in [9.17, 15) is 0 Å². The van der Waals surface area contributed by atoms with Crippen LogP contribution < -0.4 is 15.4 Å². The number of thiocarbonyl (C=S) groups is 1. The molecule has 2 rings (SSSR count). The fourth-order valence-corrected chi connectivity index (χ4v) is 2.74. The maximum Gasteiger partial charge on any atom is 0.171 e. The van der Waals surface area contributed by atoms with Crippen molar-refractivity contribution in [2.24, 2.45) is 0 Å². The lowest BCUT2D eigenvalue weighted by Gasteiger charge is -2.18. The van der Waals surface area contributed by atoms with Crippen LogP contribution in [0.5, 0.6) is 5.75 Å². The average molecular weight is 393 g/mol.